The van der Waals surface area contributed by atoms with Crippen LogP contribution in [0.3, 0.4) is 0 Å². The lowest BCUT2D eigenvalue weighted by molar-refractivity contribution is -0.193. The van der Waals surface area contributed by atoms with Gasteiger partial charge in [0, 0.05) is 6.54 Å². The first-order chi connectivity index (χ1) is 13.1. The van der Waals surface area contributed by atoms with Crippen LogP contribution in [0.5, 0.6) is 0 Å². The van der Waals surface area contributed by atoms with Crippen molar-refractivity contribution in [3.05, 3.63) is 59.9 Å². The number of hydrogen-bond donors (Lipinski definition) is 2. The van der Waals surface area contributed by atoms with Gasteiger partial charge in [-0.05, 0) is 29.2 Å². The fourth-order valence-corrected chi connectivity index (χ4v) is 2.50. The number of nitrogens with zero attached hydrogens (tertiary/aromatic N) is 2. The molecule has 28 heavy (non-hydrogen) atoms. The van der Waals surface area contributed by atoms with Gasteiger partial charge in [0.1, 0.15) is 0 Å². The second-order valence-electron chi connectivity index (χ2n) is 5.87. The van der Waals surface area contributed by atoms with E-state index >= 15 is 0 Å². The maximum Gasteiger partial charge on any atom is 0.491 e. The molecule has 3 rings (SSSR count). The zero-order chi connectivity index (χ0) is 20.5. The molecular weight excluding hydrogens is 380 g/mol. The van der Waals surface area contributed by atoms with Crippen LogP contribution < -0.4 is 5.46 Å². The standard InChI is InChI=1S/C17H12BF3N2O5/c19-17(20,21)16(25)28-15(24)11-3-6-13-14(7-11)23(9-22-13)8-10-1-4-12(5-2-10)18(26)27/h1-7,9,26-27H,8H2. The van der Waals surface area contributed by atoms with Gasteiger partial charge in [-0.2, -0.15) is 13.2 Å². The number of halogens is 3. The second kappa shape index (κ2) is 7.45. The Kier molecular flexibility index (Phi) is 5.21. The summed E-state index contributed by atoms with van der Waals surface area (Å²) in [5.74, 6) is -4.00. The molecule has 0 bridgehead atoms. The Morgan fingerprint density at radius 3 is 2.39 bits per heavy atom. The summed E-state index contributed by atoms with van der Waals surface area (Å²) in [5.41, 5.74) is 1.80. The van der Waals surface area contributed by atoms with Crippen LogP contribution >= 0.6 is 0 Å². The largest absolute Gasteiger partial charge is 0.491 e. The third-order valence-corrected chi connectivity index (χ3v) is 3.90. The average Bonchev–Trinajstić information content (AvgIpc) is 3.03. The number of ether oxygens (including phenoxy) is 1. The predicted octanol–water partition coefficient (Wildman–Crippen LogP) is 1.01. The maximum absolute atomic E-state index is 12.2. The molecule has 144 valence electrons. The molecule has 0 atom stereocenters. The van der Waals surface area contributed by atoms with Crippen LogP contribution in [-0.2, 0) is 16.1 Å². The molecule has 2 aromatic carbocycles. The molecule has 3 aromatic rings. The van der Waals surface area contributed by atoms with Crippen LogP contribution in [0.4, 0.5) is 13.2 Å². The Balaban J connectivity index is 1.84. The lowest BCUT2D eigenvalue weighted by Crippen LogP contribution is -2.29. The monoisotopic (exact) mass is 392 g/mol. The molecule has 0 fully saturated rings. The van der Waals surface area contributed by atoms with Crippen molar-refractivity contribution in [3.8, 4) is 0 Å². The van der Waals surface area contributed by atoms with Crippen molar-refractivity contribution in [1.29, 1.82) is 0 Å². The molecule has 7 nitrogen and oxygen atoms in total. The minimum atomic E-state index is -5.27. The third-order valence-electron chi connectivity index (χ3n) is 3.90. The number of carbonyl (C=O) groups is 2. The first-order valence-electron chi connectivity index (χ1n) is 7.88. The van der Waals surface area contributed by atoms with Gasteiger partial charge in [-0.1, -0.05) is 24.3 Å². The summed E-state index contributed by atoms with van der Waals surface area (Å²) >= 11 is 0. The highest BCUT2D eigenvalue weighted by molar-refractivity contribution is 6.58. The van der Waals surface area contributed by atoms with Gasteiger partial charge in [0.25, 0.3) is 0 Å². The molecule has 0 saturated carbocycles. The van der Waals surface area contributed by atoms with Crippen molar-refractivity contribution in [1.82, 2.24) is 9.55 Å². The van der Waals surface area contributed by atoms with E-state index in [0.29, 0.717) is 23.0 Å². The SMILES string of the molecule is O=C(OC(=O)C(F)(F)F)c1ccc2ncn(Cc3ccc(B(O)O)cc3)c2c1. The maximum atomic E-state index is 12.2. The molecule has 0 radical (unpaired) electrons. The number of carbonyl (C=O) groups excluding carboxylic acids is 2. The summed E-state index contributed by atoms with van der Waals surface area (Å²) in [5, 5.41) is 18.2. The first kappa shape index (κ1) is 19.6. The van der Waals surface area contributed by atoms with E-state index in [1.807, 2.05) is 0 Å². The van der Waals surface area contributed by atoms with Gasteiger partial charge >= 0.3 is 25.2 Å². The van der Waals surface area contributed by atoms with Crippen molar-refractivity contribution < 1.29 is 37.5 Å². The number of rotatable bonds is 4. The molecule has 0 aliphatic carbocycles. The van der Waals surface area contributed by atoms with E-state index in [0.717, 1.165) is 5.56 Å². The topological polar surface area (TPSA) is 102 Å². The summed E-state index contributed by atoms with van der Waals surface area (Å²) in [7, 11) is -1.59. The Bertz CT molecular complexity index is 1030. The molecule has 0 saturated heterocycles. The molecule has 1 aromatic heterocycles. The Labute approximate surface area is 156 Å². The summed E-state index contributed by atoms with van der Waals surface area (Å²) in [6, 6.07) is 10.3. The van der Waals surface area contributed by atoms with Gasteiger partial charge in [0.15, 0.2) is 0 Å². The van der Waals surface area contributed by atoms with Gasteiger partial charge < -0.3 is 19.4 Å². The highest BCUT2D eigenvalue weighted by Gasteiger charge is 2.42. The normalized spacial score (nSPS) is 11.5. The smallest absolute Gasteiger partial charge is 0.423 e. The van der Waals surface area contributed by atoms with Crippen molar-refractivity contribution in [2.45, 2.75) is 12.7 Å². The molecule has 11 heteroatoms. The molecular formula is C17H12BF3N2O5. The minimum Gasteiger partial charge on any atom is -0.423 e. The number of benzene rings is 2. The van der Waals surface area contributed by atoms with Crippen molar-refractivity contribution in [2.75, 3.05) is 0 Å². The third kappa shape index (κ3) is 4.21. The van der Waals surface area contributed by atoms with E-state index in [2.05, 4.69) is 9.72 Å². The Hall–Kier alpha value is -3.18. The molecule has 2 N–H and O–H groups in total. The van der Waals surface area contributed by atoms with Crippen LogP contribution in [0, 0.1) is 0 Å². The number of hydrogen-bond acceptors (Lipinski definition) is 6. The van der Waals surface area contributed by atoms with Crippen molar-refractivity contribution >= 4 is 35.6 Å². The van der Waals surface area contributed by atoms with E-state index in [1.54, 1.807) is 16.7 Å². The molecule has 0 amide bonds. The van der Waals surface area contributed by atoms with Gasteiger partial charge in [-0.15, -0.1) is 0 Å². The molecule has 0 unspecified atom stereocenters. The van der Waals surface area contributed by atoms with Crippen LogP contribution in [-0.4, -0.2) is 44.8 Å². The summed E-state index contributed by atoms with van der Waals surface area (Å²) < 4.78 is 42.2. The van der Waals surface area contributed by atoms with E-state index < -0.39 is 25.2 Å². The molecule has 0 aliphatic rings. The van der Waals surface area contributed by atoms with Crippen LogP contribution in [0.2, 0.25) is 0 Å². The zero-order valence-electron chi connectivity index (χ0n) is 14.1. The molecule has 0 aliphatic heterocycles. The Morgan fingerprint density at radius 1 is 1.11 bits per heavy atom. The van der Waals surface area contributed by atoms with Gasteiger partial charge in [-0.3, -0.25) is 0 Å². The summed E-state index contributed by atoms with van der Waals surface area (Å²) in [6.07, 6.45) is -3.79. The minimum absolute atomic E-state index is 0.231. The predicted molar refractivity (Wildman–Crippen MR) is 91.6 cm³/mol. The number of alkyl halides is 3. The number of fused-ring (bicyclic) bond motifs is 1. The lowest BCUT2D eigenvalue weighted by Gasteiger charge is -2.08. The van der Waals surface area contributed by atoms with E-state index in [4.69, 9.17) is 10.0 Å². The van der Waals surface area contributed by atoms with Crippen LogP contribution in [0.1, 0.15) is 15.9 Å². The molecule has 1 heterocycles. The van der Waals surface area contributed by atoms with Crippen LogP contribution in [0.15, 0.2) is 48.8 Å². The van der Waals surface area contributed by atoms with Crippen LogP contribution in [0.25, 0.3) is 11.0 Å². The van der Waals surface area contributed by atoms with Gasteiger partial charge in [0.2, 0.25) is 0 Å². The van der Waals surface area contributed by atoms with Crippen molar-refractivity contribution in [3.63, 3.8) is 0 Å². The fraction of sp³-hybridized carbons (Fsp3) is 0.118. The Morgan fingerprint density at radius 2 is 1.79 bits per heavy atom. The number of esters is 2. The number of imidazole rings is 1. The lowest BCUT2D eigenvalue weighted by atomic mass is 9.80. The number of aromatic nitrogens is 2. The average molecular weight is 392 g/mol. The summed E-state index contributed by atoms with van der Waals surface area (Å²) in [6.45, 7) is 0.304. The fourth-order valence-electron chi connectivity index (χ4n) is 2.50. The van der Waals surface area contributed by atoms with Crippen molar-refractivity contribution in [2.24, 2.45) is 0 Å². The van der Waals surface area contributed by atoms with E-state index in [1.165, 1.54) is 36.7 Å². The quantitative estimate of drug-likeness (QED) is 0.391. The highest BCUT2D eigenvalue weighted by atomic mass is 19.4. The second-order valence-corrected chi connectivity index (χ2v) is 5.87. The van der Waals surface area contributed by atoms with Gasteiger partial charge in [0.05, 0.1) is 22.9 Å². The molecule has 0 spiro atoms. The van der Waals surface area contributed by atoms with Gasteiger partial charge in [-0.25, -0.2) is 14.6 Å². The van der Waals surface area contributed by atoms with E-state index in [-0.39, 0.29) is 5.56 Å². The highest BCUT2D eigenvalue weighted by Crippen LogP contribution is 2.20. The zero-order valence-corrected chi connectivity index (χ0v) is 14.1. The summed E-state index contributed by atoms with van der Waals surface area (Å²) in [4.78, 5) is 26.8. The first-order valence-corrected chi connectivity index (χ1v) is 7.88. The van der Waals surface area contributed by atoms with E-state index in [9.17, 15) is 22.8 Å².